The van der Waals surface area contributed by atoms with E-state index in [0.29, 0.717) is 5.02 Å². The lowest BCUT2D eigenvalue weighted by molar-refractivity contribution is 0.229. The van der Waals surface area contributed by atoms with Gasteiger partial charge >= 0.3 is 0 Å². The van der Waals surface area contributed by atoms with Gasteiger partial charge in [-0.2, -0.15) is 0 Å². The van der Waals surface area contributed by atoms with Gasteiger partial charge in [-0.05, 0) is 68.0 Å². The first-order valence-corrected chi connectivity index (χ1v) is 8.49. The van der Waals surface area contributed by atoms with Crippen LogP contribution in [0.5, 0.6) is 0 Å². The second kappa shape index (κ2) is 6.48. The van der Waals surface area contributed by atoms with Crippen LogP contribution in [0.2, 0.25) is 5.02 Å². The van der Waals surface area contributed by atoms with Crippen LogP contribution in [0, 0.1) is 6.92 Å². The largest absolute Gasteiger partial charge is 0.384 e. The summed E-state index contributed by atoms with van der Waals surface area (Å²) in [5.41, 5.74) is 3.93. The van der Waals surface area contributed by atoms with Gasteiger partial charge in [0.15, 0.2) is 0 Å². The fourth-order valence-electron chi connectivity index (χ4n) is 2.96. The summed E-state index contributed by atoms with van der Waals surface area (Å²) in [5.74, 6) is 0. The van der Waals surface area contributed by atoms with Gasteiger partial charge in [0.25, 0.3) is 0 Å². The zero-order valence-corrected chi connectivity index (χ0v) is 15.0. The molecule has 1 N–H and O–H groups in total. The zero-order chi connectivity index (χ0) is 16.6. The van der Waals surface area contributed by atoms with Crippen LogP contribution >= 0.6 is 27.5 Å². The van der Waals surface area contributed by atoms with Crippen molar-refractivity contribution in [1.29, 1.82) is 0 Å². The number of hydrogen-bond donors (Lipinski definition) is 1. The monoisotopic (exact) mass is 386 g/mol. The highest BCUT2D eigenvalue weighted by molar-refractivity contribution is 9.10. The lowest BCUT2D eigenvalue weighted by Gasteiger charge is -2.21. The van der Waals surface area contributed by atoms with E-state index >= 15 is 0 Å². The van der Waals surface area contributed by atoms with Crippen molar-refractivity contribution < 1.29 is 5.11 Å². The Bertz CT molecular complexity index is 884. The fraction of sp³-hybridized carbons (Fsp3) is 0.100. The van der Waals surface area contributed by atoms with Crippen molar-refractivity contribution in [3.8, 4) is 11.1 Å². The molecule has 3 heteroatoms. The summed E-state index contributed by atoms with van der Waals surface area (Å²) in [7, 11) is 0. The van der Waals surface area contributed by atoms with Crippen LogP contribution in [0.25, 0.3) is 21.9 Å². The lowest BCUT2D eigenvalue weighted by atomic mass is 9.87. The molecular formula is C20H16BrClO. The van der Waals surface area contributed by atoms with E-state index in [9.17, 15) is 5.11 Å². The average Bonchev–Trinajstić information content (AvgIpc) is 2.58. The van der Waals surface area contributed by atoms with Crippen molar-refractivity contribution in [3.63, 3.8) is 0 Å². The average molecular weight is 388 g/mol. The number of benzene rings is 3. The van der Waals surface area contributed by atoms with Gasteiger partial charge in [-0.1, -0.05) is 54.1 Å². The highest BCUT2D eigenvalue weighted by Gasteiger charge is 2.20. The van der Waals surface area contributed by atoms with Gasteiger partial charge in [0, 0.05) is 9.50 Å². The molecule has 23 heavy (non-hydrogen) atoms. The van der Waals surface area contributed by atoms with Crippen molar-refractivity contribution in [2.24, 2.45) is 0 Å². The molecule has 3 aromatic rings. The lowest BCUT2D eigenvalue weighted by Crippen LogP contribution is -2.02. The van der Waals surface area contributed by atoms with E-state index in [0.717, 1.165) is 37.5 Å². The fourth-order valence-corrected chi connectivity index (χ4v) is 3.65. The van der Waals surface area contributed by atoms with Crippen LogP contribution in [-0.2, 0) is 0 Å². The SMILES string of the molecule is C=CC(O)c1c(C)c(Br)c2ccccc2c1-c1ccc(Cl)cc1. The Balaban J connectivity index is 2.48. The molecule has 3 aromatic carbocycles. The predicted molar refractivity (Wildman–Crippen MR) is 102 cm³/mol. The molecular weight excluding hydrogens is 372 g/mol. The van der Waals surface area contributed by atoms with Crippen LogP contribution in [0.3, 0.4) is 0 Å². The summed E-state index contributed by atoms with van der Waals surface area (Å²) < 4.78 is 1.00. The van der Waals surface area contributed by atoms with E-state index in [1.807, 2.05) is 43.3 Å². The maximum atomic E-state index is 10.5. The molecule has 3 rings (SSSR count). The molecule has 0 radical (unpaired) electrons. The van der Waals surface area contributed by atoms with Crippen molar-refractivity contribution in [2.45, 2.75) is 13.0 Å². The normalized spacial score (nSPS) is 12.3. The van der Waals surface area contributed by atoms with Crippen molar-refractivity contribution in [2.75, 3.05) is 0 Å². The summed E-state index contributed by atoms with van der Waals surface area (Å²) in [4.78, 5) is 0. The number of fused-ring (bicyclic) bond motifs is 1. The Morgan fingerprint density at radius 1 is 1.09 bits per heavy atom. The van der Waals surface area contributed by atoms with Gasteiger partial charge in [-0.3, -0.25) is 0 Å². The summed E-state index contributed by atoms with van der Waals surface area (Å²) in [6, 6.07) is 15.9. The molecule has 0 saturated heterocycles. The maximum Gasteiger partial charge on any atom is 0.0978 e. The zero-order valence-electron chi connectivity index (χ0n) is 12.7. The number of halogens is 2. The van der Waals surface area contributed by atoms with E-state index in [1.165, 1.54) is 0 Å². The van der Waals surface area contributed by atoms with Crippen molar-refractivity contribution in [3.05, 3.63) is 81.8 Å². The molecule has 0 saturated carbocycles. The molecule has 0 aromatic heterocycles. The molecule has 1 atom stereocenters. The first kappa shape index (κ1) is 16.3. The Kier molecular flexibility index (Phi) is 4.58. The third kappa shape index (κ3) is 2.83. The molecule has 0 spiro atoms. The standard InChI is InChI=1S/C20H16BrClO/c1-3-17(23)18-12(2)20(21)16-7-5-4-6-15(16)19(18)13-8-10-14(22)11-9-13/h3-11,17,23H,1H2,2H3. The van der Waals surface area contributed by atoms with Gasteiger partial charge in [0.2, 0.25) is 0 Å². The molecule has 116 valence electrons. The smallest absolute Gasteiger partial charge is 0.0978 e. The second-order valence-corrected chi connectivity index (χ2v) is 6.69. The van der Waals surface area contributed by atoms with Crippen LogP contribution in [0.1, 0.15) is 17.2 Å². The third-order valence-electron chi connectivity index (χ3n) is 4.09. The van der Waals surface area contributed by atoms with Gasteiger partial charge in [-0.25, -0.2) is 0 Å². The molecule has 1 nitrogen and oxygen atoms in total. The van der Waals surface area contributed by atoms with Crippen LogP contribution in [-0.4, -0.2) is 5.11 Å². The molecule has 0 heterocycles. The van der Waals surface area contributed by atoms with E-state index in [1.54, 1.807) is 6.08 Å². The Labute approximate surface area is 149 Å². The van der Waals surface area contributed by atoms with Crippen LogP contribution in [0.4, 0.5) is 0 Å². The van der Waals surface area contributed by atoms with Crippen molar-refractivity contribution >= 4 is 38.3 Å². The van der Waals surface area contributed by atoms with Gasteiger partial charge < -0.3 is 5.11 Å². The quantitative estimate of drug-likeness (QED) is 0.512. The minimum absolute atomic E-state index is 0.692. The molecule has 0 amide bonds. The maximum absolute atomic E-state index is 10.5. The summed E-state index contributed by atoms with van der Waals surface area (Å²) >= 11 is 9.71. The molecule has 0 fully saturated rings. The number of aliphatic hydroxyl groups is 1. The minimum Gasteiger partial charge on any atom is -0.384 e. The first-order valence-electron chi connectivity index (χ1n) is 7.32. The third-order valence-corrected chi connectivity index (χ3v) is 5.36. The molecule has 0 aliphatic rings. The molecule has 0 bridgehead atoms. The van der Waals surface area contributed by atoms with E-state index in [4.69, 9.17) is 11.6 Å². The summed E-state index contributed by atoms with van der Waals surface area (Å²) in [5, 5.41) is 13.4. The minimum atomic E-state index is -0.735. The Hall–Kier alpha value is -1.61. The van der Waals surface area contributed by atoms with Crippen LogP contribution in [0.15, 0.2) is 65.7 Å². The first-order chi connectivity index (χ1) is 11.0. The summed E-state index contributed by atoms with van der Waals surface area (Å²) in [6.07, 6.45) is 0.824. The van der Waals surface area contributed by atoms with Crippen LogP contribution < -0.4 is 0 Å². The number of aliphatic hydroxyl groups excluding tert-OH is 1. The number of hydrogen-bond acceptors (Lipinski definition) is 1. The van der Waals surface area contributed by atoms with Crippen molar-refractivity contribution in [1.82, 2.24) is 0 Å². The molecule has 0 aliphatic carbocycles. The highest BCUT2D eigenvalue weighted by atomic mass is 79.9. The Morgan fingerprint density at radius 2 is 1.70 bits per heavy atom. The van der Waals surface area contributed by atoms with Gasteiger partial charge in [0.1, 0.15) is 0 Å². The Morgan fingerprint density at radius 3 is 2.30 bits per heavy atom. The summed E-state index contributed by atoms with van der Waals surface area (Å²) in [6.45, 7) is 5.76. The molecule has 1 unspecified atom stereocenters. The topological polar surface area (TPSA) is 20.2 Å². The van der Waals surface area contributed by atoms with Gasteiger partial charge in [0.05, 0.1) is 6.10 Å². The van der Waals surface area contributed by atoms with E-state index in [2.05, 4.69) is 34.6 Å². The van der Waals surface area contributed by atoms with Gasteiger partial charge in [-0.15, -0.1) is 6.58 Å². The predicted octanol–water partition coefficient (Wildman–Crippen LogP) is 6.45. The highest BCUT2D eigenvalue weighted by Crippen LogP contribution is 2.42. The second-order valence-electron chi connectivity index (χ2n) is 5.46. The van der Waals surface area contributed by atoms with E-state index < -0.39 is 6.10 Å². The number of rotatable bonds is 3. The molecule has 0 aliphatic heterocycles. The van der Waals surface area contributed by atoms with E-state index in [-0.39, 0.29) is 0 Å².